The lowest BCUT2D eigenvalue weighted by molar-refractivity contribution is 0.530. The summed E-state index contributed by atoms with van der Waals surface area (Å²) >= 11 is 0. The van der Waals surface area contributed by atoms with E-state index in [1.54, 1.807) is 0 Å². The number of unbranched alkanes of at least 4 members (excludes halogenated alkanes) is 12. The van der Waals surface area contributed by atoms with Crippen molar-refractivity contribution in [1.29, 1.82) is 0 Å². The van der Waals surface area contributed by atoms with Gasteiger partial charge in [-0.2, -0.15) is 0 Å². The van der Waals surface area contributed by atoms with Gasteiger partial charge in [0.25, 0.3) is 0 Å². The first kappa shape index (κ1) is 16.1. The third-order valence-corrected chi connectivity index (χ3v) is 4.41. The molecule has 18 heavy (non-hydrogen) atoms. The quantitative estimate of drug-likeness (QED) is 0.296. The lowest BCUT2D eigenvalue weighted by Gasteiger charge is -2.02. The van der Waals surface area contributed by atoms with Crippen LogP contribution in [-0.4, -0.2) is 0 Å². The largest absolute Gasteiger partial charge is 0.0654 e. The summed E-state index contributed by atoms with van der Waals surface area (Å²) in [5, 5.41) is 0. The van der Waals surface area contributed by atoms with Crippen LogP contribution in [0.4, 0.5) is 0 Å². The van der Waals surface area contributed by atoms with Crippen LogP contribution < -0.4 is 0 Å². The second-order valence-corrected chi connectivity index (χ2v) is 6.47. The van der Waals surface area contributed by atoms with Gasteiger partial charge in [-0.3, -0.25) is 0 Å². The van der Waals surface area contributed by atoms with Crippen LogP contribution in [0.5, 0.6) is 0 Å². The van der Waals surface area contributed by atoms with Gasteiger partial charge in [-0.1, -0.05) is 110 Å². The summed E-state index contributed by atoms with van der Waals surface area (Å²) in [6.07, 6.45) is 23.9. The highest BCUT2D eigenvalue weighted by atomic mass is 14.3. The molecule has 0 radical (unpaired) electrons. The summed E-state index contributed by atoms with van der Waals surface area (Å²) in [6.45, 7) is 2.30. The second kappa shape index (κ2) is 12.1. The Morgan fingerprint density at radius 1 is 0.556 bits per heavy atom. The van der Waals surface area contributed by atoms with Crippen molar-refractivity contribution in [3.63, 3.8) is 0 Å². The summed E-state index contributed by atoms with van der Waals surface area (Å²) in [5.74, 6) is 1.15. The molecule has 0 spiro atoms. The zero-order valence-corrected chi connectivity index (χ0v) is 12.9. The normalized spacial score (nSPS) is 15.2. The highest BCUT2D eigenvalue weighted by Gasteiger charge is 2.19. The van der Waals surface area contributed by atoms with Crippen molar-refractivity contribution in [3.8, 4) is 0 Å². The topological polar surface area (TPSA) is 0 Å². The van der Waals surface area contributed by atoms with Gasteiger partial charge in [0.05, 0.1) is 0 Å². The van der Waals surface area contributed by atoms with Crippen molar-refractivity contribution in [2.75, 3.05) is 0 Å². The summed E-state index contributed by atoms with van der Waals surface area (Å²) in [6, 6.07) is 0. The van der Waals surface area contributed by atoms with Crippen LogP contribution in [-0.2, 0) is 0 Å². The first-order chi connectivity index (χ1) is 8.93. The monoisotopic (exact) mass is 252 g/mol. The minimum absolute atomic E-state index is 1.15. The van der Waals surface area contributed by atoms with Crippen LogP contribution >= 0.6 is 0 Å². The van der Waals surface area contributed by atoms with E-state index in [4.69, 9.17) is 0 Å². The van der Waals surface area contributed by atoms with Crippen molar-refractivity contribution in [3.05, 3.63) is 0 Å². The van der Waals surface area contributed by atoms with Gasteiger partial charge in [0.15, 0.2) is 0 Å². The number of hydrogen-bond acceptors (Lipinski definition) is 0. The Labute approximate surface area is 116 Å². The number of rotatable bonds is 14. The second-order valence-electron chi connectivity index (χ2n) is 6.47. The first-order valence-corrected chi connectivity index (χ1v) is 8.93. The van der Waals surface area contributed by atoms with Crippen LogP contribution in [0.15, 0.2) is 0 Å². The summed E-state index contributed by atoms with van der Waals surface area (Å²) < 4.78 is 0. The maximum absolute atomic E-state index is 2.30. The summed E-state index contributed by atoms with van der Waals surface area (Å²) in [4.78, 5) is 0. The van der Waals surface area contributed by atoms with Gasteiger partial charge >= 0.3 is 0 Å². The standard InChI is InChI=1S/C18H36/c1-2-3-4-5-6-7-8-9-10-11-12-13-14-15-18-16-17-18/h18H,2-17H2,1H3. The highest BCUT2D eigenvalue weighted by molar-refractivity contribution is 4.72. The van der Waals surface area contributed by atoms with Gasteiger partial charge in [0.1, 0.15) is 0 Å². The molecular formula is C18H36. The Balaban J connectivity index is 1.60. The SMILES string of the molecule is CCCCCCCCCCCCCCCC1CC1. The van der Waals surface area contributed by atoms with Crippen LogP contribution in [0.2, 0.25) is 0 Å². The zero-order chi connectivity index (χ0) is 12.9. The molecule has 1 saturated carbocycles. The van der Waals surface area contributed by atoms with E-state index in [-0.39, 0.29) is 0 Å². The van der Waals surface area contributed by atoms with E-state index in [1.165, 1.54) is 103 Å². The van der Waals surface area contributed by atoms with Crippen molar-refractivity contribution in [1.82, 2.24) is 0 Å². The molecule has 1 aliphatic rings. The van der Waals surface area contributed by atoms with E-state index in [2.05, 4.69) is 6.92 Å². The Bertz CT molecular complexity index is 157. The Kier molecular flexibility index (Phi) is 10.8. The molecule has 0 aromatic heterocycles. The maximum Gasteiger partial charge on any atom is -0.0414 e. The van der Waals surface area contributed by atoms with E-state index in [9.17, 15) is 0 Å². The Morgan fingerprint density at radius 2 is 0.944 bits per heavy atom. The minimum Gasteiger partial charge on any atom is -0.0654 e. The zero-order valence-electron chi connectivity index (χ0n) is 12.9. The van der Waals surface area contributed by atoms with Gasteiger partial charge in [-0.05, 0) is 5.92 Å². The van der Waals surface area contributed by atoms with Crippen molar-refractivity contribution in [2.24, 2.45) is 5.92 Å². The fraction of sp³-hybridized carbons (Fsp3) is 1.00. The molecule has 0 atom stereocenters. The average molecular weight is 252 g/mol. The Hall–Kier alpha value is 0. The average Bonchev–Trinajstić information content (AvgIpc) is 3.19. The van der Waals surface area contributed by atoms with Gasteiger partial charge in [-0.25, -0.2) is 0 Å². The lowest BCUT2D eigenvalue weighted by Crippen LogP contribution is -1.83. The van der Waals surface area contributed by atoms with Crippen molar-refractivity contribution >= 4 is 0 Å². The molecule has 0 N–H and O–H groups in total. The lowest BCUT2D eigenvalue weighted by atomic mass is 10.0. The molecule has 108 valence electrons. The predicted octanol–water partition coefficient (Wildman–Crippen LogP) is 6.88. The molecule has 0 nitrogen and oxygen atoms in total. The number of hydrogen-bond donors (Lipinski definition) is 0. The molecule has 0 aromatic rings. The van der Waals surface area contributed by atoms with Gasteiger partial charge in [0.2, 0.25) is 0 Å². The van der Waals surface area contributed by atoms with Crippen LogP contribution in [0.3, 0.4) is 0 Å². The molecule has 0 saturated heterocycles. The van der Waals surface area contributed by atoms with E-state index < -0.39 is 0 Å². The first-order valence-electron chi connectivity index (χ1n) is 8.93. The summed E-state index contributed by atoms with van der Waals surface area (Å²) in [7, 11) is 0. The molecule has 0 heteroatoms. The predicted molar refractivity (Wildman–Crippen MR) is 83.0 cm³/mol. The van der Waals surface area contributed by atoms with E-state index >= 15 is 0 Å². The van der Waals surface area contributed by atoms with Gasteiger partial charge < -0.3 is 0 Å². The molecule has 1 fully saturated rings. The fourth-order valence-electron chi connectivity index (χ4n) is 2.86. The molecule has 1 aliphatic carbocycles. The Morgan fingerprint density at radius 3 is 1.33 bits per heavy atom. The summed E-state index contributed by atoms with van der Waals surface area (Å²) in [5.41, 5.74) is 0. The van der Waals surface area contributed by atoms with Gasteiger partial charge in [-0.15, -0.1) is 0 Å². The molecule has 0 heterocycles. The van der Waals surface area contributed by atoms with E-state index in [0.29, 0.717) is 0 Å². The minimum atomic E-state index is 1.15. The third-order valence-electron chi connectivity index (χ3n) is 4.41. The smallest absolute Gasteiger partial charge is 0.0414 e. The van der Waals surface area contributed by atoms with Crippen molar-refractivity contribution < 1.29 is 0 Å². The molecule has 1 rings (SSSR count). The fourth-order valence-corrected chi connectivity index (χ4v) is 2.86. The van der Waals surface area contributed by atoms with Crippen molar-refractivity contribution in [2.45, 2.75) is 110 Å². The molecule has 0 aromatic carbocycles. The molecule has 0 amide bonds. The van der Waals surface area contributed by atoms with Crippen LogP contribution in [0.25, 0.3) is 0 Å². The molecule has 0 bridgehead atoms. The van der Waals surface area contributed by atoms with E-state index in [1.807, 2.05) is 0 Å². The maximum atomic E-state index is 2.30. The van der Waals surface area contributed by atoms with Crippen LogP contribution in [0, 0.1) is 5.92 Å². The third kappa shape index (κ3) is 11.1. The molecular weight excluding hydrogens is 216 g/mol. The van der Waals surface area contributed by atoms with Crippen LogP contribution in [0.1, 0.15) is 110 Å². The van der Waals surface area contributed by atoms with Gasteiger partial charge in [0, 0.05) is 0 Å². The van der Waals surface area contributed by atoms with E-state index in [0.717, 1.165) is 5.92 Å². The highest BCUT2D eigenvalue weighted by Crippen LogP contribution is 2.34. The molecule has 0 unspecified atom stereocenters. The molecule has 0 aliphatic heterocycles.